The van der Waals surface area contributed by atoms with E-state index < -0.39 is 0 Å². The van der Waals surface area contributed by atoms with Gasteiger partial charge in [-0.25, -0.2) is 4.79 Å². The number of ether oxygens (including phenoxy) is 1. The first kappa shape index (κ1) is 17.5. The van der Waals surface area contributed by atoms with E-state index in [2.05, 4.69) is 28.2 Å². The van der Waals surface area contributed by atoms with E-state index in [0.717, 1.165) is 6.08 Å². The van der Waals surface area contributed by atoms with Gasteiger partial charge in [0.15, 0.2) is 0 Å². The molecule has 1 N–H and O–H groups in total. The average Bonchev–Trinajstić information content (AvgIpc) is 2.10. The quantitative estimate of drug-likeness (QED) is 0.412. The first-order chi connectivity index (χ1) is 5.72. The molecule has 0 aliphatic carbocycles. The van der Waals surface area contributed by atoms with Gasteiger partial charge in [0, 0.05) is 12.5 Å². The Balaban J connectivity index is -0.000000137. The number of rotatable bonds is 2. The van der Waals surface area contributed by atoms with Crippen LogP contribution in [0, 0.1) is 0 Å². The van der Waals surface area contributed by atoms with Gasteiger partial charge in [0.2, 0.25) is 0 Å². The molecule has 0 radical (unpaired) electrons. The van der Waals surface area contributed by atoms with Gasteiger partial charge in [-0.3, -0.25) is 0 Å². The van der Waals surface area contributed by atoms with Crippen molar-refractivity contribution in [2.45, 2.75) is 6.92 Å². The minimum atomic E-state index is -0.359. The van der Waals surface area contributed by atoms with Crippen LogP contribution >= 0.6 is 11.6 Å². The van der Waals surface area contributed by atoms with Gasteiger partial charge in [-0.15, -0.1) is 11.6 Å². The Morgan fingerprint density at radius 1 is 1.58 bits per heavy atom. The second-order valence-electron chi connectivity index (χ2n) is 1.46. The molecule has 0 bridgehead atoms. The van der Waals surface area contributed by atoms with Gasteiger partial charge >= 0.3 is 5.97 Å². The van der Waals surface area contributed by atoms with E-state index in [1.165, 1.54) is 6.38 Å². The van der Waals surface area contributed by atoms with Gasteiger partial charge in [0.05, 0.1) is 6.61 Å². The molecular formula is C8H18ClNO2. The van der Waals surface area contributed by atoms with Gasteiger partial charge in [0.1, 0.15) is 0 Å². The molecule has 0 aromatic carbocycles. The van der Waals surface area contributed by atoms with Crippen molar-refractivity contribution in [2.24, 2.45) is 0 Å². The molecule has 0 aromatic rings. The van der Waals surface area contributed by atoms with Crippen LogP contribution in [-0.4, -0.2) is 33.1 Å². The number of carbonyl (C=O) groups is 1. The Morgan fingerprint density at radius 3 is 2.00 bits per heavy atom. The maximum Gasteiger partial charge on any atom is 0.330 e. The van der Waals surface area contributed by atoms with Crippen molar-refractivity contribution in [3.05, 3.63) is 12.7 Å². The van der Waals surface area contributed by atoms with E-state index in [1.807, 2.05) is 14.1 Å². The third-order valence-electron chi connectivity index (χ3n) is 0.453. The fraction of sp³-hybridized carbons (Fsp3) is 0.625. The smallest absolute Gasteiger partial charge is 0.330 e. The van der Waals surface area contributed by atoms with Gasteiger partial charge in [-0.1, -0.05) is 6.58 Å². The molecule has 0 saturated heterocycles. The van der Waals surface area contributed by atoms with Crippen molar-refractivity contribution >= 4 is 17.6 Å². The highest BCUT2D eigenvalue weighted by atomic mass is 35.5. The lowest BCUT2D eigenvalue weighted by molar-refractivity contribution is -0.137. The second kappa shape index (κ2) is 22.4. The molecule has 0 amide bonds. The summed E-state index contributed by atoms with van der Waals surface area (Å²) < 4.78 is 4.43. The lowest BCUT2D eigenvalue weighted by Gasteiger charge is -1.90. The van der Waals surface area contributed by atoms with Crippen molar-refractivity contribution in [1.82, 2.24) is 5.32 Å². The van der Waals surface area contributed by atoms with Crippen LogP contribution in [0.15, 0.2) is 12.7 Å². The first-order valence-corrected chi connectivity index (χ1v) is 4.23. The number of nitrogens with one attached hydrogen (secondary N) is 1. The Labute approximate surface area is 79.7 Å². The van der Waals surface area contributed by atoms with Crippen molar-refractivity contribution in [1.29, 1.82) is 0 Å². The number of halogens is 1. The Bertz CT molecular complexity index is 97.1. The largest absolute Gasteiger partial charge is 0.463 e. The summed E-state index contributed by atoms with van der Waals surface area (Å²) in [5.41, 5.74) is 0. The Morgan fingerprint density at radius 2 is 1.92 bits per heavy atom. The number of hydrogen-bond donors (Lipinski definition) is 1. The third kappa shape index (κ3) is 34.0. The zero-order valence-electron chi connectivity index (χ0n) is 8.19. The summed E-state index contributed by atoms with van der Waals surface area (Å²) >= 11 is 4.64. The molecule has 0 aliphatic rings. The van der Waals surface area contributed by atoms with E-state index in [0.29, 0.717) is 6.61 Å². The molecule has 0 aromatic heterocycles. The van der Waals surface area contributed by atoms with Gasteiger partial charge in [-0.05, 0) is 21.0 Å². The van der Waals surface area contributed by atoms with Crippen molar-refractivity contribution in [2.75, 3.05) is 27.1 Å². The molecule has 0 heterocycles. The summed E-state index contributed by atoms with van der Waals surface area (Å²) in [7, 11) is 3.75. The zero-order chi connectivity index (χ0) is 10.4. The molecule has 3 nitrogen and oxygen atoms in total. The molecule has 0 aliphatic heterocycles. The second-order valence-corrected chi connectivity index (χ2v) is 1.46. The van der Waals surface area contributed by atoms with E-state index in [4.69, 9.17) is 0 Å². The normalized spacial score (nSPS) is 6.42. The lowest BCUT2D eigenvalue weighted by Crippen LogP contribution is -1.97. The topological polar surface area (TPSA) is 38.3 Å². The molecule has 0 rings (SSSR count). The Hall–Kier alpha value is -0.540. The fourth-order valence-corrected chi connectivity index (χ4v) is 0.201. The fourth-order valence-electron chi connectivity index (χ4n) is 0.201. The number of esters is 1. The van der Waals surface area contributed by atoms with Crippen LogP contribution in [0.4, 0.5) is 0 Å². The van der Waals surface area contributed by atoms with Crippen LogP contribution in [0.25, 0.3) is 0 Å². The van der Waals surface area contributed by atoms with Crippen LogP contribution in [-0.2, 0) is 9.53 Å². The van der Waals surface area contributed by atoms with Crippen molar-refractivity contribution in [3.8, 4) is 0 Å². The predicted molar refractivity (Wildman–Crippen MR) is 53.6 cm³/mol. The minimum absolute atomic E-state index is 0.359. The van der Waals surface area contributed by atoms with Crippen LogP contribution in [0.5, 0.6) is 0 Å². The highest BCUT2D eigenvalue weighted by Gasteiger charge is 1.86. The van der Waals surface area contributed by atoms with Crippen LogP contribution in [0.1, 0.15) is 6.92 Å². The summed E-state index contributed by atoms with van der Waals surface area (Å²) in [4.78, 5) is 10.1. The average molecular weight is 196 g/mol. The summed E-state index contributed by atoms with van der Waals surface area (Å²) in [5, 5.41) is 2.75. The summed E-state index contributed by atoms with van der Waals surface area (Å²) in [6.07, 6.45) is 2.61. The maximum absolute atomic E-state index is 10.1. The lowest BCUT2D eigenvalue weighted by atomic mass is 10.6. The van der Waals surface area contributed by atoms with E-state index >= 15 is 0 Å². The SMILES string of the molecule is C=CC(=O)OCC.CCl.CNC. The van der Waals surface area contributed by atoms with Crippen LogP contribution in [0.3, 0.4) is 0 Å². The van der Waals surface area contributed by atoms with Gasteiger partial charge in [0.25, 0.3) is 0 Å². The highest BCUT2D eigenvalue weighted by Crippen LogP contribution is 1.74. The van der Waals surface area contributed by atoms with E-state index in [1.54, 1.807) is 6.92 Å². The van der Waals surface area contributed by atoms with Crippen molar-refractivity contribution in [3.63, 3.8) is 0 Å². The van der Waals surface area contributed by atoms with Crippen LogP contribution < -0.4 is 5.32 Å². The minimum Gasteiger partial charge on any atom is -0.463 e. The standard InChI is InChI=1S/C5H8O2.C2H7N.CH3Cl/c1-3-5(6)7-4-2;1-3-2;1-2/h3H,1,4H2,2H3;3H,1-2H3;1H3. The van der Waals surface area contributed by atoms with E-state index in [9.17, 15) is 4.79 Å². The monoisotopic (exact) mass is 195 g/mol. The molecule has 0 atom stereocenters. The molecule has 0 saturated carbocycles. The highest BCUT2D eigenvalue weighted by molar-refractivity contribution is 6.15. The number of alkyl halides is 1. The molecule has 12 heavy (non-hydrogen) atoms. The molecular weight excluding hydrogens is 178 g/mol. The summed E-state index contributed by atoms with van der Waals surface area (Å²) in [6, 6.07) is 0. The first-order valence-electron chi connectivity index (χ1n) is 3.48. The number of hydrogen-bond acceptors (Lipinski definition) is 3. The molecule has 74 valence electrons. The molecule has 0 spiro atoms. The van der Waals surface area contributed by atoms with Gasteiger partial charge < -0.3 is 10.1 Å². The predicted octanol–water partition coefficient (Wildman–Crippen LogP) is 1.43. The summed E-state index contributed by atoms with van der Waals surface area (Å²) in [6.45, 7) is 5.38. The molecule has 0 fully saturated rings. The Kier molecular flexibility index (Phi) is 32.7. The maximum atomic E-state index is 10.1. The van der Waals surface area contributed by atoms with Gasteiger partial charge in [-0.2, -0.15) is 0 Å². The third-order valence-corrected chi connectivity index (χ3v) is 0.453. The molecule has 0 unspecified atom stereocenters. The summed E-state index contributed by atoms with van der Waals surface area (Å²) in [5.74, 6) is -0.359. The van der Waals surface area contributed by atoms with E-state index in [-0.39, 0.29) is 5.97 Å². The number of carbonyl (C=O) groups excluding carboxylic acids is 1. The molecule has 4 heteroatoms. The van der Waals surface area contributed by atoms with Crippen molar-refractivity contribution < 1.29 is 9.53 Å². The zero-order valence-corrected chi connectivity index (χ0v) is 8.94. The van der Waals surface area contributed by atoms with Crippen LogP contribution in [0.2, 0.25) is 0 Å².